The van der Waals surface area contributed by atoms with Crippen LogP contribution in [0.5, 0.6) is 0 Å². The zero-order valence-electron chi connectivity index (χ0n) is 24.3. The molecule has 4 aliphatic carbocycles. The molecule has 2 heteroatoms. The molecule has 4 aliphatic rings. The summed E-state index contributed by atoms with van der Waals surface area (Å²) in [5, 5.41) is 10.2. The highest BCUT2D eigenvalue weighted by molar-refractivity contribution is 5.25. The quantitative estimate of drug-likeness (QED) is 0.409. The normalized spacial score (nSPS) is 39.0. The summed E-state index contributed by atoms with van der Waals surface area (Å²) in [7, 11) is 0. The molecule has 0 aliphatic heterocycles. The van der Waals surface area contributed by atoms with Crippen molar-refractivity contribution in [2.45, 2.75) is 152 Å². The van der Waals surface area contributed by atoms with Gasteiger partial charge in [-0.05, 0) is 113 Å². The predicted octanol–water partition coefficient (Wildman–Crippen LogP) is 8.91. The highest BCUT2D eigenvalue weighted by atomic mass is 16.3. The molecule has 0 amide bonds. The van der Waals surface area contributed by atoms with E-state index >= 15 is 0 Å². The van der Waals surface area contributed by atoms with E-state index in [9.17, 15) is 5.11 Å². The number of aliphatic hydroxyl groups is 1. The zero-order valence-corrected chi connectivity index (χ0v) is 24.3. The fourth-order valence-corrected chi connectivity index (χ4v) is 8.03. The molecule has 3 saturated carbocycles. The van der Waals surface area contributed by atoms with E-state index in [1.54, 1.807) is 5.57 Å². The average Bonchev–Trinajstić information content (AvgIpc) is 3.14. The number of rotatable bonds is 4. The largest absolute Gasteiger partial charge is 0.393 e. The SMILES string of the molecule is CC.CC.CC.CC(C)(N)CCCC1CCC2C3CC=C4CC(O)CC[C@]4(C)C3CC[C@]12C. The van der Waals surface area contributed by atoms with Crippen molar-refractivity contribution < 1.29 is 5.11 Å². The van der Waals surface area contributed by atoms with Gasteiger partial charge in [-0.2, -0.15) is 0 Å². The molecule has 33 heavy (non-hydrogen) atoms. The van der Waals surface area contributed by atoms with Gasteiger partial charge in [0.05, 0.1) is 6.10 Å². The zero-order chi connectivity index (χ0) is 25.4. The molecule has 196 valence electrons. The maximum atomic E-state index is 10.2. The summed E-state index contributed by atoms with van der Waals surface area (Å²) in [6.07, 6.45) is 16.5. The third kappa shape index (κ3) is 6.66. The van der Waals surface area contributed by atoms with Crippen molar-refractivity contribution in [1.29, 1.82) is 0 Å². The molecule has 0 aromatic heterocycles. The van der Waals surface area contributed by atoms with Gasteiger partial charge in [0.1, 0.15) is 0 Å². The first kappa shape index (κ1) is 30.7. The highest BCUT2D eigenvalue weighted by Gasteiger charge is 2.58. The standard InChI is InChI=1S/C25H43NO.3C2H6/c1-23(2,26)13-5-6-17-8-10-21-20-9-7-18-16-19(27)11-14-25(18,4)22(20)12-15-24(17,21)3;3*1-2/h7,17,19-22,27H,5-6,8-16,26H2,1-4H3;3*1-2H3/t17?,19?,20?,21?,22?,24-,25+;;;/m1.../s1. The van der Waals surface area contributed by atoms with Crippen LogP contribution in [0.4, 0.5) is 0 Å². The Bertz CT molecular complexity index is 590. The van der Waals surface area contributed by atoms with Crippen LogP contribution in [0.15, 0.2) is 11.6 Å². The third-order valence-corrected chi connectivity index (χ3v) is 9.65. The lowest BCUT2D eigenvalue weighted by Crippen LogP contribution is -2.50. The Morgan fingerprint density at radius 2 is 1.58 bits per heavy atom. The van der Waals surface area contributed by atoms with Gasteiger partial charge in [0.15, 0.2) is 0 Å². The van der Waals surface area contributed by atoms with E-state index in [1.165, 1.54) is 51.4 Å². The Morgan fingerprint density at radius 3 is 2.18 bits per heavy atom. The van der Waals surface area contributed by atoms with Crippen molar-refractivity contribution in [2.75, 3.05) is 0 Å². The molecular formula is C31H61NO. The van der Waals surface area contributed by atoms with Crippen LogP contribution < -0.4 is 5.73 Å². The molecular weight excluding hydrogens is 402 g/mol. The van der Waals surface area contributed by atoms with Crippen molar-refractivity contribution in [3.05, 3.63) is 11.6 Å². The van der Waals surface area contributed by atoms with Gasteiger partial charge in [-0.25, -0.2) is 0 Å². The van der Waals surface area contributed by atoms with Crippen LogP contribution in [0, 0.1) is 34.5 Å². The number of fused-ring (bicyclic) bond motifs is 5. The maximum Gasteiger partial charge on any atom is 0.0577 e. The Balaban J connectivity index is 0.000000841. The molecule has 0 saturated heterocycles. The summed E-state index contributed by atoms with van der Waals surface area (Å²) in [5.41, 5.74) is 8.77. The highest BCUT2D eigenvalue weighted by Crippen LogP contribution is 2.66. The first-order chi connectivity index (χ1) is 15.6. The van der Waals surface area contributed by atoms with Crippen LogP contribution in [-0.2, 0) is 0 Å². The Kier molecular flexibility index (Phi) is 12.2. The Labute approximate surface area is 208 Å². The van der Waals surface area contributed by atoms with Gasteiger partial charge in [0, 0.05) is 5.54 Å². The summed E-state index contributed by atoms with van der Waals surface area (Å²) in [4.78, 5) is 0. The number of nitrogens with two attached hydrogens (primary N) is 1. The minimum atomic E-state index is -0.0858. The van der Waals surface area contributed by atoms with Gasteiger partial charge < -0.3 is 10.8 Å². The van der Waals surface area contributed by atoms with E-state index in [0.717, 1.165) is 42.9 Å². The third-order valence-electron chi connectivity index (χ3n) is 9.65. The van der Waals surface area contributed by atoms with E-state index in [-0.39, 0.29) is 11.6 Å². The first-order valence-corrected chi connectivity index (χ1v) is 14.8. The van der Waals surface area contributed by atoms with Crippen LogP contribution in [0.1, 0.15) is 140 Å². The molecule has 2 nitrogen and oxygen atoms in total. The summed E-state index contributed by atoms with van der Waals surface area (Å²) in [5.74, 6) is 3.60. The van der Waals surface area contributed by atoms with Crippen molar-refractivity contribution in [3.8, 4) is 0 Å². The van der Waals surface area contributed by atoms with E-state index in [4.69, 9.17) is 5.73 Å². The second kappa shape index (κ2) is 13.1. The maximum absolute atomic E-state index is 10.2. The van der Waals surface area contributed by atoms with E-state index in [0.29, 0.717) is 10.8 Å². The minimum absolute atomic E-state index is 0.0126. The van der Waals surface area contributed by atoms with Crippen molar-refractivity contribution in [3.63, 3.8) is 0 Å². The van der Waals surface area contributed by atoms with Gasteiger partial charge in [-0.3, -0.25) is 0 Å². The molecule has 0 aromatic rings. The second-order valence-corrected chi connectivity index (χ2v) is 11.9. The molecule has 3 fully saturated rings. The molecule has 0 spiro atoms. The summed E-state index contributed by atoms with van der Waals surface area (Å²) in [6, 6.07) is 0. The number of aliphatic hydroxyl groups excluding tert-OH is 1. The topological polar surface area (TPSA) is 46.2 Å². The lowest BCUT2D eigenvalue weighted by atomic mass is 9.47. The lowest BCUT2D eigenvalue weighted by molar-refractivity contribution is -0.0509. The van der Waals surface area contributed by atoms with Crippen LogP contribution in [-0.4, -0.2) is 16.7 Å². The first-order valence-electron chi connectivity index (χ1n) is 14.8. The smallest absolute Gasteiger partial charge is 0.0577 e. The second-order valence-electron chi connectivity index (χ2n) is 11.9. The summed E-state index contributed by atoms with van der Waals surface area (Å²) >= 11 is 0. The van der Waals surface area contributed by atoms with Crippen molar-refractivity contribution in [1.82, 2.24) is 0 Å². The molecule has 0 aromatic carbocycles. The van der Waals surface area contributed by atoms with Gasteiger partial charge in [-0.1, -0.05) is 73.5 Å². The molecule has 0 heterocycles. The monoisotopic (exact) mass is 463 g/mol. The molecule has 0 radical (unpaired) electrons. The van der Waals surface area contributed by atoms with Gasteiger partial charge in [-0.15, -0.1) is 0 Å². The average molecular weight is 464 g/mol. The van der Waals surface area contributed by atoms with Crippen LogP contribution in [0.25, 0.3) is 0 Å². The van der Waals surface area contributed by atoms with E-state index < -0.39 is 0 Å². The Morgan fingerprint density at radius 1 is 0.939 bits per heavy atom. The number of allylic oxidation sites excluding steroid dienone is 1. The van der Waals surface area contributed by atoms with Crippen molar-refractivity contribution in [2.24, 2.45) is 40.2 Å². The fraction of sp³-hybridized carbons (Fsp3) is 0.935. The molecule has 0 bridgehead atoms. The molecule has 3 N–H and O–H groups in total. The number of hydrogen-bond donors (Lipinski definition) is 2. The van der Waals surface area contributed by atoms with Gasteiger partial charge in [0.25, 0.3) is 0 Å². The minimum Gasteiger partial charge on any atom is -0.393 e. The van der Waals surface area contributed by atoms with Gasteiger partial charge >= 0.3 is 0 Å². The molecule has 4 rings (SSSR count). The van der Waals surface area contributed by atoms with Gasteiger partial charge in [0.2, 0.25) is 0 Å². The molecule has 5 unspecified atom stereocenters. The fourth-order valence-electron chi connectivity index (χ4n) is 8.03. The van der Waals surface area contributed by atoms with Crippen LogP contribution in [0.2, 0.25) is 0 Å². The van der Waals surface area contributed by atoms with E-state index in [2.05, 4.69) is 33.8 Å². The Hall–Kier alpha value is -0.340. The van der Waals surface area contributed by atoms with Crippen LogP contribution >= 0.6 is 0 Å². The lowest BCUT2D eigenvalue weighted by Gasteiger charge is -2.58. The van der Waals surface area contributed by atoms with E-state index in [1.807, 2.05) is 41.5 Å². The number of hydrogen-bond acceptors (Lipinski definition) is 2. The summed E-state index contributed by atoms with van der Waals surface area (Å²) < 4.78 is 0. The van der Waals surface area contributed by atoms with Crippen molar-refractivity contribution >= 4 is 0 Å². The van der Waals surface area contributed by atoms with Crippen LogP contribution in [0.3, 0.4) is 0 Å². The summed E-state index contributed by atoms with van der Waals surface area (Å²) in [6.45, 7) is 21.5. The molecule has 7 atom stereocenters. The predicted molar refractivity (Wildman–Crippen MR) is 147 cm³/mol.